The van der Waals surface area contributed by atoms with Crippen LogP contribution in [0.5, 0.6) is 5.75 Å². The predicted octanol–water partition coefficient (Wildman–Crippen LogP) is 2.33. The van der Waals surface area contributed by atoms with Crippen LogP contribution in [-0.4, -0.2) is 53.5 Å². The Labute approximate surface area is 147 Å². The summed E-state index contributed by atoms with van der Waals surface area (Å²) < 4.78 is 18.3. The number of carbonyl (C=O) groups excluding carboxylic acids is 1. The monoisotopic (exact) mass is 343 g/mol. The molecule has 0 atom stereocenters. The van der Waals surface area contributed by atoms with E-state index in [1.807, 2.05) is 23.1 Å². The number of rotatable bonds is 6. The maximum absolute atomic E-state index is 12.8. The van der Waals surface area contributed by atoms with Crippen molar-refractivity contribution in [3.05, 3.63) is 60.2 Å². The van der Waals surface area contributed by atoms with Crippen LogP contribution in [0, 0.1) is 5.82 Å². The minimum absolute atomic E-state index is 0.0968. The number of amides is 1. The Hall–Kier alpha value is -2.47. The summed E-state index contributed by atoms with van der Waals surface area (Å²) in [5, 5.41) is 0. The molecule has 0 aliphatic carbocycles. The predicted molar refractivity (Wildman–Crippen MR) is 92.6 cm³/mol. The van der Waals surface area contributed by atoms with Gasteiger partial charge in [-0.3, -0.25) is 14.7 Å². The normalized spacial score (nSPS) is 15.2. The second-order valence-corrected chi connectivity index (χ2v) is 6.03. The van der Waals surface area contributed by atoms with E-state index in [2.05, 4.69) is 9.88 Å². The average Bonchev–Trinajstić information content (AvgIpc) is 2.65. The Morgan fingerprint density at radius 3 is 2.52 bits per heavy atom. The van der Waals surface area contributed by atoms with Crippen molar-refractivity contribution in [3.63, 3.8) is 0 Å². The first-order valence-corrected chi connectivity index (χ1v) is 8.49. The number of nitrogens with zero attached hydrogens (tertiary/aromatic N) is 3. The third-order valence-corrected chi connectivity index (χ3v) is 4.24. The smallest absolute Gasteiger partial charge is 0.226 e. The summed E-state index contributed by atoms with van der Waals surface area (Å²) in [5.41, 5.74) is 1.05. The highest BCUT2D eigenvalue weighted by molar-refractivity contribution is 5.76. The molecule has 6 heteroatoms. The van der Waals surface area contributed by atoms with E-state index in [-0.39, 0.29) is 11.7 Å². The van der Waals surface area contributed by atoms with E-state index in [4.69, 9.17) is 4.74 Å². The first kappa shape index (κ1) is 17.4. The van der Waals surface area contributed by atoms with E-state index in [0.29, 0.717) is 18.8 Å². The van der Waals surface area contributed by atoms with E-state index in [9.17, 15) is 9.18 Å². The number of benzene rings is 1. The number of aromatic nitrogens is 1. The number of carbonyl (C=O) groups is 1. The summed E-state index contributed by atoms with van der Waals surface area (Å²) in [6.45, 7) is 4.27. The fraction of sp³-hybridized carbons (Fsp3) is 0.368. The minimum atomic E-state index is -0.299. The lowest BCUT2D eigenvalue weighted by Gasteiger charge is -2.34. The van der Waals surface area contributed by atoms with Crippen molar-refractivity contribution in [1.29, 1.82) is 0 Å². The Bertz CT molecular complexity index is 671. The molecule has 1 aromatic heterocycles. The van der Waals surface area contributed by atoms with Gasteiger partial charge in [0.15, 0.2) is 0 Å². The molecule has 1 aliphatic rings. The second-order valence-electron chi connectivity index (χ2n) is 6.03. The standard InChI is InChI=1S/C19H22FN3O2/c20-16-4-6-18(7-5-16)25-14-8-19(24)23-12-10-22(11-13-23)15-17-3-1-2-9-21-17/h1-7,9H,8,10-15H2. The van der Waals surface area contributed by atoms with Crippen molar-refractivity contribution in [2.45, 2.75) is 13.0 Å². The van der Waals surface area contributed by atoms with Crippen molar-refractivity contribution in [1.82, 2.24) is 14.8 Å². The van der Waals surface area contributed by atoms with Crippen molar-refractivity contribution < 1.29 is 13.9 Å². The fourth-order valence-electron chi connectivity index (χ4n) is 2.82. The van der Waals surface area contributed by atoms with Crippen LogP contribution < -0.4 is 4.74 Å². The Kier molecular flexibility index (Phi) is 5.95. The molecule has 2 heterocycles. The molecule has 0 radical (unpaired) electrons. The molecule has 0 spiro atoms. The lowest BCUT2D eigenvalue weighted by molar-refractivity contribution is -0.133. The van der Waals surface area contributed by atoms with Crippen LogP contribution in [0.3, 0.4) is 0 Å². The van der Waals surface area contributed by atoms with Crippen LogP contribution >= 0.6 is 0 Å². The topological polar surface area (TPSA) is 45.7 Å². The van der Waals surface area contributed by atoms with Crippen molar-refractivity contribution in [2.24, 2.45) is 0 Å². The number of hydrogen-bond acceptors (Lipinski definition) is 4. The molecule has 5 nitrogen and oxygen atoms in total. The van der Waals surface area contributed by atoms with Crippen LogP contribution in [0.1, 0.15) is 12.1 Å². The molecule has 132 valence electrons. The van der Waals surface area contributed by atoms with Crippen LogP contribution in [0.4, 0.5) is 4.39 Å². The Morgan fingerprint density at radius 1 is 1.08 bits per heavy atom. The van der Waals surface area contributed by atoms with Gasteiger partial charge in [-0.2, -0.15) is 0 Å². The number of halogens is 1. The summed E-state index contributed by atoms with van der Waals surface area (Å²) in [6, 6.07) is 11.7. The second kappa shape index (κ2) is 8.58. The summed E-state index contributed by atoms with van der Waals surface area (Å²) in [6.07, 6.45) is 2.13. The molecule has 1 aromatic carbocycles. The van der Waals surface area contributed by atoms with E-state index in [0.717, 1.165) is 38.4 Å². The van der Waals surface area contributed by atoms with Gasteiger partial charge in [0.2, 0.25) is 5.91 Å². The van der Waals surface area contributed by atoms with E-state index in [1.54, 1.807) is 18.3 Å². The Balaban J connectivity index is 1.37. The highest BCUT2D eigenvalue weighted by atomic mass is 19.1. The molecular formula is C19H22FN3O2. The number of ether oxygens (including phenoxy) is 1. The molecule has 3 rings (SSSR count). The fourth-order valence-corrected chi connectivity index (χ4v) is 2.82. The summed E-state index contributed by atoms with van der Waals surface area (Å²) >= 11 is 0. The van der Waals surface area contributed by atoms with Gasteiger partial charge in [0, 0.05) is 38.9 Å². The van der Waals surface area contributed by atoms with Gasteiger partial charge in [0.1, 0.15) is 11.6 Å². The van der Waals surface area contributed by atoms with Crippen LogP contribution in [-0.2, 0) is 11.3 Å². The average molecular weight is 343 g/mol. The maximum atomic E-state index is 12.8. The first-order chi connectivity index (χ1) is 12.2. The van der Waals surface area contributed by atoms with Gasteiger partial charge in [0.05, 0.1) is 18.7 Å². The van der Waals surface area contributed by atoms with Crippen LogP contribution in [0.2, 0.25) is 0 Å². The van der Waals surface area contributed by atoms with Gasteiger partial charge in [-0.15, -0.1) is 0 Å². The van der Waals surface area contributed by atoms with Gasteiger partial charge < -0.3 is 9.64 Å². The highest BCUT2D eigenvalue weighted by Crippen LogP contribution is 2.12. The molecule has 1 saturated heterocycles. The lowest BCUT2D eigenvalue weighted by atomic mass is 10.2. The van der Waals surface area contributed by atoms with Gasteiger partial charge in [0.25, 0.3) is 0 Å². The zero-order chi connectivity index (χ0) is 17.5. The highest BCUT2D eigenvalue weighted by Gasteiger charge is 2.21. The first-order valence-electron chi connectivity index (χ1n) is 8.49. The molecule has 1 amide bonds. The Morgan fingerprint density at radius 2 is 1.84 bits per heavy atom. The SMILES string of the molecule is O=C(CCOc1ccc(F)cc1)N1CCN(Cc2ccccn2)CC1. The van der Waals surface area contributed by atoms with Crippen molar-refractivity contribution >= 4 is 5.91 Å². The number of hydrogen-bond donors (Lipinski definition) is 0. The molecule has 0 N–H and O–H groups in total. The van der Waals surface area contributed by atoms with Gasteiger partial charge in [-0.05, 0) is 36.4 Å². The third kappa shape index (κ3) is 5.26. The number of piperazine rings is 1. The molecule has 0 unspecified atom stereocenters. The lowest BCUT2D eigenvalue weighted by Crippen LogP contribution is -2.48. The quantitative estimate of drug-likeness (QED) is 0.808. The largest absolute Gasteiger partial charge is 0.493 e. The van der Waals surface area contributed by atoms with Gasteiger partial charge in [-0.1, -0.05) is 6.07 Å². The molecule has 1 fully saturated rings. The molecular weight excluding hydrogens is 321 g/mol. The molecule has 0 bridgehead atoms. The molecule has 2 aromatic rings. The summed E-state index contributed by atoms with van der Waals surface area (Å²) in [5.74, 6) is 0.376. The molecule has 1 aliphatic heterocycles. The minimum Gasteiger partial charge on any atom is -0.493 e. The molecule has 25 heavy (non-hydrogen) atoms. The van der Waals surface area contributed by atoms with E-state index in [1.165, 1.54) is 12.1 Å². The maximum Gasteiger partial charge on any atom is 0.226 e. The summed E-state index contributed by atoms with van der Waals surface area (Å²) in [7, 11) is 0. The van der Waals surface area contributed by atoms with Crippen LogP contribution in [0.15, 0.2) is 48.7 Å². The van der Waals surface area contributed by atoms with Crippen molar-refractivity contribution in [3.8, 4) is 5.75 Å². The van der Waals surface area contributed by atoms with Crippen LogP contribution in [0.25, 0.3) is 0 Å². The third-order valence-electron chi connectivity index (χ3n) is 4.24. The van der Waals surface area contributed by atoms with E-state index >= 15 is 0 Å². The summed E-state index contributed by atoms with van der Waals surface area (Å²) in [4.78, 5) is 20.8. The number of pyridine rings is 1. The van der Waals surface area contributed by atoms with Gasteiger partial charge in [-0.25, -0.2) is 4.39 Å². The van der Waals surface area contributed by atoms with E-state index < -0.39 is 0 Å². The van der Waals surface area contributed by atoms with Crippen molar-refractivity contribution in [2.75, 3.05) is 32.8 Å². The molecule has 0 saturated carbocycles. The zero-order valence-electron chi connectivity index (χ0n) is 14.1. The van der Waals surface area contributed by atoms with Gasteiger partial charge >= 0.3 is 0 Å². The zero-order valence-corrected chi connectivity index (χ0v) is 14.1.